The lowest BCUT2D eigenvalue weighted by Crippen LogP contribution is -2.39. The first-order chi connectivity index (χ1) is 13.2. The molecular formula is C21H21N5O. The number of likely N-dealkylation sites (tertiary alicyclic amines) is 1. The second kappa shape index (κ2) is 6.23. The van der Waals surface area contributed by atoms with Gasteiger partial charge in [-0.05, 0) is 43.5 Å². The Labute approximate surface area is 156 Å². The molecule has 1 amide bonds. The Hall–Kier alpha value is -3.15. The van der Waals surface area contributed by atoms with E-state index in [1.807, 2.05) is 39.8 Å². The number of carbonyl (C=O) groups is 1. The largest absolute Gasteiger partial charge is 0.342 e. The Kier molecular flexibility index (Phi) is 3.70. The van der Waals surface area contributed by atoms with E-state index < -0.39 is 0 Å². The van der Waals surface area contributed by atoms with Crippen LogP contribution in [-0.4, -0.2) is 43.2 Å². The van der Waals surface area contributed by atoms with Crippen molar-refractivity contribution in [2.75, 3.05) is 13.1 Å². The summed E-state index contributed by atoms with van der Waals surface area (Å²) < 4.78 is 1.86. The molecule has 4 heterocycles. The van der Waals surface area contributed by atoms with Gasteiger partial charge < -0.3 is 9.88 Å². The van der Waals surface area contributed by atoms with Gasteiger partial charge in [0.2, 0.25) is 0 Å². The number of benzene rings is 1. The summed E-state index contributed by atoms with van der Waals surface area (Å²) in [6.45, 7) is 3.53. The molecule has 0 bridgehead atoms. The number of carbonyl (C=O) groups excluding carboxylic acids is 1. The molecule has 0 radical (unpaired) electrons. The van der Waals surface area contributed by atoms with Gasteiger partial charge in [0.1, 0.15) is 17.2 Å². The van der Waals surface area contributed by atoms with E-state index in [2.05, 4.69) is 29.0 Å². The van der Waals surface area contributed by atoms with E-state index in [9.17, 15) is 4.79 Å². The number of nitrogens with zero attached hydrogens (tertiary/aromatic N) is 4. The number of amides is 1. The predicted molar refractivity (Wildman–Crippen MR) is 104 cm³/mol. The van der Waals surface area contributed by atoms with Crippen LogP contribution in [0.2, 0.25) is 0 Å². The van der Waals surface area contributed by atoms with Crippen molar-refractivity contribution < 1.29 is 4.79 Å². The van der Waals surface area contributed by atoms with Crippen LogP contribution in [0.15, 0.2) is 48.8 Å². The van der Waals surface area contributed by atoms with Gasteiger partial charge in [-0.25, -0.2) is 9.97 Å². The molecule has 1 N–H and O–H groups in total. The van der Waals surface area contributed by atoms with Crippen LogP contribution >= 0.6 is 0 Å². The number of nitrogens with one attached hydrogen (secondary N) is 1. The highest BCUT2D eigenvalue weighted by atomic mass is 16.2. The van der Waals surface area contributed by atoms with Crippen LogP contribution in [-0.2, 0) is 0 Å². The number of para-hydroxylation sites is 1. The summed E-state index contributed by atoms with van der Waals surface area (Å²) in [5, 5.41) is 0. The third-order valence-electron chi connectivity index (χ3n) is 5.46. The summed E-state index contributed by atoms with van der Waals surface area (Å²) in [6, 6.07) is 11.9. The fourth-order valence-electron chi connectivity index (χ4n) is 4.03. The van der Waals surface area contributed by atoms with E-state index in [0.29, 0.717) is 12.2 Å². The van der Waals surface area contributed by atoms with Crippen LogP contribution < -0.4 is 0 Å². The molecular weight excluding hydrogens is 338 g/mol. The fourth-order valence-corrected chi connectivity index (χ4v) is 4.03. The molecule has 4 aromatic rings. The first kappa shape index (κ1) is 16.1. The molecule has 1 atom stereocenters. The first-order valence-corrected chi connectivity index (χ1v) is 9.37. The van der Waals surface area contributed by atoms with Crippen molar-refractivity contribution >= 4 is 22.6 Å². The van der Waals surface area contributed by atoms with Crippen LogP contribution in [0, 0.1) is 6.92 Å². The molecule has 0 spiro atoms. The van der Waals surface area contributed by atoms with Gasteiger partial charge >= 0.3 is 0 Å². The Morgan fingerprint density at radius 2 is 2.15 bits per heavy atom. The number of aromatic nitrogens is 4. The first-order valence-electron chi connectivity index (χ1n) is 9.37. The SMILES string of the molecule is Cc1cccc2[nH]c([C@H]3CCCN(C(=O)c4cnc5ccccn45)C3)nc12. The summed E-state index contributed by atoms with van der Waals surface area (Å²) in [6.07, 6.45) is 5.57. The number of fused-ring (bicyclic) bond motifs is 2. The summed E-state index contributed by atoms with van der Waals surface area (Å²) in [5.74, 6) is 1.24. The van der Waals surface area contributed by atoms with Gasteiger partial charge in [0.25, 0.3) is 5.91 Å². The van der Waals surface area contributed by atoms with Gasteiger partial charge in [-0.3, -0.25) is 9.20 Å². The Balaban J connectivity index is 1.43. The zero-order valence-corrected chi connectivity index (χ0v) is 15.2. The molecule has 1 aromatic carbocycles. The molecule has 0 aliphatic carbocycles. The highest BCUT2D eigenvalue weighted by molar-refractivity contribution is 5.93. The number of aromatic amines is 1. The summed E-state index contributed by atoms with van der Waals surface area (Å²) >= 11 is 0. The number of hydrogen-bond acceptors (Lipinski definition) is 3. The maximum Gasteiger partial charge on any atom is 0.272 e. The maximum atomic E-state index is 13.1. The van der Waals surface area contributed by atoms with Crippen molar-refractivity contribution in [3.63, 3.8) is 0 Å². The molecule has 136 valence electrons. The molecule has 5 rings (SSSR count). The standard InChI is InChI=1S/C21H21N5O/c1-14-6-4-8-16-19(14)24-20(23-16)15-7-5-10-25(13-15)21(27)17-12-22-18-9-2-3-11-26(17)18/h2-4,6,8-9,11-12,15H,5,7,10,13H2,1H3,(H,23,24)/t15-/m0/s1. The molecule has 6 heteroatoms. The highest BCUT2D eigenvalue weighted by Gasteiger charge is 2.28. The van der Waals surface area contributed by atoms with Gasteiger partial charge in [0, 0.05) is 25.2 Å². The molecule has 0 saturated carbocycles. The van der Waals surface area contributed by atoms with Crippen LogP contribution in [0.25, 0.3) is 16.7 Å². The van der Waals surface area contributed by atoms with E-state index in [-0.39, 0.29) is 11.8 Å². The second-order valence-electron chi connectivity index (χ2n) is 7.26. The van der Waals surface area contributed by atoms with Gasteiger partial charge in [0.15, 0.2) is 0 Å². The normalized spacial score (nSPS) is 17.7. The highest BCUT2D eigenvalue weighted by Crippen LogP contribution is 2.28. The van der Waals surface area contributed by atoms with Gasteiger partial charge in [-0.15, -0.1) is 0 Å². The zero-order valence-electron chi connectivity index (χ0n) is 15.2. The van der Waals surface area contributed by atoms with Gasteiger partial charge in [-0.1, -0.05) is 18.2 Å². The van der Waals surface area contributed by atoms with E-state index >= 15 is 0 Å². The number of H-pyrrole nitrogens is 1. The van der Waals surface area contributed by atoms with Crippen LogP contribution in [0.3, 0.4) is 0 Å². The van der Waals surface area contributed by atoms with E-state index in [0.717, 1.165) is 41.9 Å². The molecule has 1 aliphatic heterocycles. The van der Waals surface area contributed by atoms with E-state index in [1.54, 1.807) is 6.20 Å². The smallest absolute Gasteiger partial charge is 0.272 e. The number of rotatable bonds is 2. The summed E-state index contributed by atoms with van der Waals surface area (Å²) in [4.78, 5) is 27.7. The summed E-state index contributed by atoms with van der Waals surface area (Å²) in [5.41, 5.74) is 4.67. The molecule has 6 nitrogen and oxygen atoms in total. The van der Waals surface area contributed by atoms with E-state index in [4.69, 9.17) is 4.98 Å². The fraction of sp³-hybridized carbons (Fsp3) is 0.286. The quantitative estimate of drug-likeness (QED) is 0.595. The molecule has 1 saturated heterocycles. The minimum Gasteiger partial charge on any atom is -0.342 e. The van der Waals surface area contributed by atoms with Crippen molar-refractivity contribution in [3.05, 3.63) is 65.9 Å². The topological polar surface area (TPSA) is 66.3 Å². The third kappa shape index (κ3) is 2.68. The second-order valence-corrected chi connectivity index (χ2v) is 7.26. The van der Waals surface area contributed by atoms with Crippen molar-refractivity contribution in [1.29, 1.82) is 0 Å². The lowest BCUT2D eigenvalue weighted by molar-refractivity contribution is 0.0698. The molecule has 0 unspecified atom stereocenters. The average Bonchev–Trinajstić information content (AvgIpc) is 3.33. The Morgan fingerprint density at radius 1 is 1.22 bits per heavy atom. The minimum absolute atomic E-state index is 0.0330. The average molecular weight is 359 g/mol. The molecule has 3 aromatic heterocycles. The number of hydrogen-bond donors (Lipinski definition) is 1. The van der Waals surface area contributed by atoms with Crippen molar-refractivity contribution in [2.24, 2.45) is 0 Å². The van der Waals surface area contributed by atoms with Gasteiger partial charge in [0.05, 0.1) is 17.2 Å². The molecule has 27 heavy (non-hydrogen) atoms. The van der Waals surface area contributed by atoms with Crippen molar-refractivity contribution in [3.8, 4) is 0 Å². The van der Waals surface area contributed by atoms with Crippen molar-refractivity contribution in [1.82, 2.24) is 24.3 Å². The number of imidazole rings is 2. The van der Waals surface area contributed by atoms with Crippen molar-refractivity contribution in [2.45, 2.75) is 25.7 Å². The number of pyridine rings is 1. The van der Waals surface area contributed by atoms with Crippen LogP contribution in [0.1, 0.15) is 40.6 Å². The third-order valence-corrected chi connectivity index (χ3v) is 5.46. The van der Waals surface area contributed by atoms with Gasteiger partial charge in [-0.2, -0.15) is 0 Å². The Morgan fingerprint density at radius 3 is 3.04 bits per heavy atom. The zero-order chi connectivity index (χ0) is 18.4. The molecule has 1 aliphatic rings. The summed E-state index contributed by atoms with van der Waals surface area (Å²) in [7, 11) is 0. The predicted octanol–water partition coefficient (Wildman–Crippen LogP) is 3.54. The van der Waals surface area contributed by atoms with Crippen LogP contribution in [0.5, 0.6) is 0 Å². The number of aryl methyl sites for hydroxylation is 1. The molecule has 1 fully saturated rings. The maximum absolute atomic E-state index is 13.1. The lowest BCUT2D eigenvalue weighted by atomic mass is 9.97. The van der Waals surface area contributed by atoms with E-state index in [1.165, 1.54) is 5.56 Å². The minimum atomic E-state index is 0.0330. The lowest BCUT2D eigenvalue weighted by Gasteiger charge is -2.31. The monoisotopic (exact) mass is 359 g/mol. The number of piperidine rings is 1. The Bertz CT molecular complexity index is 1140. The van der Waals surface area contributed by atoms with Crippen LogP contribution in [0.4, 0.5) is 0 Å².